The molecule has 0 radical (unpaired) electrons. The van der Waals surface area contributed by atoms with Gasteiger partial charge in [0.15, 0.2) is 0 Å². The van der Waals surface area contributed by atoms with Crippen molar-refractivity contribution in [2.45, 2.75) is 45.3 Å². The highest BCUT2D eigenvalue weighted by Crippen LogP contribution is 2.29. The van der Waals surface area contributed by atoms with Gasteiger partial charge in [-0.05, 0) is 81.6 Å². The third kappa shape index (κ3) is 5.66. The molecule has 1 aliphatic heterocycles. The first-order chi connectivity index (χ1) is 17.5. The number of aryl methyl sites for hydroxylation is 2. The van der Waals surface area contributed by atoms with Crippen LogP contribution in [0.1, 0.15) is 35.2 Å². The molecule has 5 nitrogen and oxygen atoms in total. The summed E-state index contributed by atoms with van der Waals surface area (Å²) in [5.74, 6) is 0.407. The average Bonchev–Trinajstić information content (AvgIpc) is 3.20. The molecule has 0 aliphatic carbocycles. The van der Waals surface area contributed by atoms with Gasteiger partial charge in [0.1, 0.15) is 5.82 Å². The van der Waals surface area contributed by atoms with Crippen molar-refractivity contribution in [2.75, 3.05) is 20.1 Å². The summed E-state index contributed by atoms with van der Waals surface area (Å²) in [6.07, 6.45) is 7.24. The molecular formula is C30H36FN5. The smallest absolute Gasteiger partial charge is 0.123 e. The van der Waals surface area contributed by atoms with Crippen molar-refractivity contribution < 1.29 is 4.39 Å². The highest BCUT2D eigenvalue weighted by Gasteiger charge is 2.30. The number of hydrogen-bond donors (Lipinski definition) is 0. The van der Waals surface area contributed by atoms with Gasteiger partial charge in [0, 0.05) is 49.5 Å². The molecule has 188 valence electrons. The van der Waals surface area contributed by atoms with E-state index in [9.17, 15) is 4.39 Å². The summed E-state index contributed by atoms with van der Waals surface area (Å²) in [5.41, 5.74) is 5.97. The second kappa shape index (κ2) is 10.9. The number of rotatable bonds is 8. The highest BCUT2D eigenvalue weighted by molar-refractivity contribution is 5.81. The van der Waals surface area contributed by atoms with Crippen molar-refractivity contribution in [3.05, 3.63) is 95.2 Å². The fourth-order valence-electron chi connectivity index (χ4n) is 5.77. The lowest BCUT2D eigenvalue weighted by molar-refractivity contribution is 0.0955. The summed E-state index contributed by atoms with van der Waals surface area (Å²) in [7, 11) is 4.21. The Balaban J connectivity index is 1.29. The fourth-order valence-corrected chi connectivity index (χ4v) is 5.77. The minimum Gasteiger partial charge on any atom is -0.299 e. The van der Waals surface area contributed by atoms with Crippen LogP contribution in [0.5, 0.6) is 0 Å². The third-order valence-electron chi connectivity index (χ3n) is 7.75. The van der Waals surface area contributed by atoms with Gasteiger partial charge in [-0.3, -0.25) is 19.5 Å². The minimum atomic E-state index is -0.175. The lowest BCUT2D eigenvalue weighted by Gasteiger charge is -2.40. The number of likely N-dealkylation sites (N-methyl/N-ethyl adjacent to an activating group) is 1. The summed E-state index contributed by atoms with van der Waals surface area (Å²) < 4.78 is 15.5. The molecule has 0 amide bonds. The Morgan fingerprint density at radius 3 is 2.50 bits per heavy atom. The number of benzene rings is 2. The zero-order chi connectivity index (χ0) is 25.1. The molecule has 0 saturated carbocycles. The Kier molecular flexibility index (Phi) is 7.44. The highest BCUT2D eigenvalue weighted by atomic mass is 19.1. The first kappa shape index (κ1) is 24.6. The van der Waals surface area contributed by atoms with Gasteiger partial charge in [0.2, 0.25) is 0 Å². The minimum absolute atomic E-state index is 0.175. The fraction of sp³-hybridized carbons (Fsp3) is 0.400. The first-order valence-electron chi connectivity index (χ1n) is 12.9. The van der Waals surface area contributed by atoms with Crippen molar-refractivity contribution in [1.29, 1.82) is 0 Å². The van der Waals surface area contributed by atoms with E-state index in [-0.39, 0.29) is 5.82 Å². The van der Waals surface area contributed by atoms with Gasteiger partial charge in [0.25, 0.3) is 0 Å². The molecule has 1 unspecified atom stereocenters. The molecule has 6 heteroatoms. The summed E-state index contributed by atoms with van der Waals surface area (Å²) in [6, 6.07) is 18.1. The van der Waals surface area contributed by atoms with Crippen LogP contribution in [-0.2, 0) is 26.6 Å². The Labute approximate surface area is 213 Å². The number of piperidine rings is 1. The van der Waals surface area contributed by atoms with E-state index in [2.05, 4.69) is 64.3 Å². The van der Waals surface area contributed by atoms with Crippen molar-refractivity contribution in [3.8, 4) is 0 Å². The number of para-hydroxylation sites is 1. The normalized spacial score (nSPS) is 16.1. The largest absolute Gasteiger partial charge is 0.299 e. The first-order valence-corrected chi connectivity index (χ1v) is 12.9. The Bertz CT molecular complexity index is 1290. The van der Waals surface area contributed by atoms with E-state index in [4.69, 9.17) is 0 Å². The molecule has 4 aromatic rings. The molecule has 1 aliphatic rings. The maximum Gasteiger partial charge on any atom is 0.123 e. The van der Waals surface area contributed by atoms with Gasteiger partial charge >= 0.3 is 0 Å². The van der Waals surface area contributed by atoms with Crippen LogP contribution in [0.3, 0.4) is 0 Å². The lowest BCUT2D eigenvalue weighted by atomic mass is 9.84. The maximum atomic E-state index is 13.6. The summed E-state index contributed by atoms with van der Waals surface area (Å²) >= 11 is 0. The topological polar surface area (TPSA) is 37.2 Å². The quantitative estimate of drug-likeness (QED) is 0.336. The number of hydrogen-bond acceptors (Lipinski definition) is 4. The van der Waals surface area contributed by atoms with Crippen molar-refractivity contribution >= 4 is 10.9 Å². The Morgan fingerprint density at radius 1 is 1.03 bits per heavy atom. The van der Waals surface area contributed by atoms with Crippen LogP contribution in [0.4, 0.5) is 4.39 Å². The second-order valence-electron chi connectivity index (χ2n) is 10.3. The number of fused-ring (bicyclic) bond motifs is 1. The van der Waals surface area contributed by atoms with E-state index in [0.717, 1.165) is 56.7 Å². The lowest BCUT2D eigenvalue weighted by Crippen LogP contribution is -2.45. The van der Waals surface area contributed by atoms with Crippen LogP contribution >= 0.6 is 0 Å². The third-order valence-corrected chi connectivity index (χ3v) is 7.75. The van der Waals surface area contributed by atoms with Crippen molar-refractivity contribution in [2.24, 2.45) is 13.0 Å². The van der Waals surface area contributed by atoms with Crippen LogP contribution in [0.25, 0.3) is 10.9 Å². The van der Waals surface area contributed by atoms with E-state index in [1.54, 1.807) is 12.1 Å². The molecule has 0 N–H and O–H groups in total. The number of nitrogens with zero attached hydrogens (tertiary/aromatic N) is 5. The predicted octanol–water partition coefficient (Wildman–Crippen LogP) is 5.37. The van der Waals surface area contributed by atoms with Gasteiger partial charge in [-0.25, -0.2) is 4.39 Å². The molecule has 2 aromatic heterocycles. The number of pyridine rings is 1. The Hall–Kier alpha value is -3.09. The Morgan fingerprint density at radius 2 is 1.78 bits per heavy atom. The molecule has 1 saturated heterocycles. The molecule has 36 heavy (non-hydrogen) atoms. The molecular weight excluding hydrogens is 449 g/mol. The van der Waals surface area contributed by atoms with Gasteiger partial charge in [-0.1, -0.05) is 36.4 Å². The molecule has 2 aromatic carbocycles. The molecule has 1 fully saturated rings. The van der Waals surface area contributed by atoms with Crippen LogP contribution in [-0.4, -0.2) is 50.7 Å². The summed E-state index contributed by atoms with van der Waals surface area (Å²) in [4.78, 5) is 9.71. The zero-order valence-electron chi connectivity index (χ0n) is 21.6. The van der Waals surface area contributed by atoms with Crippen LogP contribution in [0, 0.1) is 18.7 Å². The van der Waals surface area contributed by atoms with E-state index >= 15 is 0 Å². The van der Waals surface area contributed by atoms with E-state index in [1.165, 1.54) is 22.1 Å². The van der Waals surface area contributed by atoms with Crippen molar-refractivity contribution in [3.63, 3.8) is 0 Å². The number of aromatic nitrogens is 3. The SMILES string of the molecule is Cc1nn(C)cc1CN(C)C(Cc1ccc(F)cc1)C1CCN(Cc2cccc3cccnc23)CC1. The van der Waals surface area contributed by atoms with Crippen LogP contribution < -0.4 is 0 Å². The molecule has 0 spiro atoms. The second-order valence-corrected chi connectivity index (χ2v) is 10.3. The monoisotopic (exact) mass is 485 g/mol. The summed E-state index contributed by atoms with van der Waals surface area (Å²) in [5, 5.41) is 5.74. The van der Waals surface area contributed by atoms with Crippen LogP contribution in [0.2, 0.25) is 0 Å². The molecule has 5 rings (SSSR count). The molecule has 0 bridgehead atoms. The van der Waals surface area contributed by atoms with Gasteiger partial charge in [-0.2, -0.15) is 5.10 Å². The number of halogens is 1. The molecule has 3 heterocycles. The van der Waals surface area contributed by atoms with E-state index in [1.807, 2.05) is 36.1 Å². The summed E-state index contributed by atoms with van der Waals surface area (Å²) in [6.45, 7) is 6.04. The average molecular weight is 486 g/mol. The van der Waals surface area contributed by atoms with Crippen molar-refractivity contribution in [1.82, 2.24) is 24.6 Å². The maximum absolute atomic E-state index is 13.6. The van der Waals surface area contributed by atoms with Crippen LogP contribution in [0.15, 0.2) is 67.0 Å². The number of likely N-dealkylation sites (tertiary alicyclic amines) is 1. The standard InChI is InChI=1S/C30H36FN5/c1-22-27(20-35(3)33-22)19-34(2)29(18-23-9-11-28(31)12-10-23)24-13-16-36(17-14-24)21-26-7-4-6-25-8-5-15-32-30(25)26/h4-12,15,20,24,29H,13-14,16-19,21H2,1-3H3. The predicted molar refractivity (Wildman–Crippen MR) is 143 cm³/mol. The van der Waals surface area contributed by atoms with Gasteiger partial charge < -0.3 is 0 Å². The van der Waals surface area contributed by atoms with Gasteiger partial charge in [-0.15, -0.1) is 0 Å². The molecule has 1 atom stereocenters. The van der Waals surface area contributed by atoms with E-state index in [0.29, 0.717) is 12.0 Å². The zero-order valence-corrected chi connectivity index (χ0v) is 21.6. The van der Waals surface area contributed by atoms with E-state index < -0.39 is 0 Å². The van der Waals surface area contributed by atoms with Gasteiger partial charge in [0.05, 0.1) is 11.2 Å².